The zero-order valence-corrected chi connectivity index (χ0v) is 12.3. The second-order valence-electron chi connectivity index (χ2n) is 5.17. The topological polar surface area (TPSA) is 37.9 Å². The van der Waals surface area contributed by atoms with Crippen LogP contribution in [0.1, 0.15) is 23.9 Å². The van der Waals surface area contributed by atoms with E-state index in [9.17, 15) is 0 Å². The van der Waals surface area contributed by atoms with Crippen LogP contribution in [0.4, 0.5) is 0 Å². The molecule has 0 bridgehead atoms. The van der Waals surface area contributed by atoms with Crippen LogP contribution in [0.2, 0.25) is 0 Å². The first kappa shape index (κ1) is 13.8. The number of imidazole rings is 1. The Kier molecular flexibility index (Phi) is 4.31. The standard InChI is InChI=1S/C18H20N2O/c1-2-17-18(20-13-19-17)9-10-21-12-14-7-8-15-5-3-4-6-16(15)11-14/h3-8,11,13H,2,9-10,12H2,1H3,(H,19,20). The predicted molar refractivity (Wildman–Crippen MR) is 85.3 cm³/mol. The lowest BCUT2D eigenvalue weighted by molar-refractivity contribution is 0.123. The van der Waals surface area contributed by atoms with Crippen LogP contribution in [0, 0.1) is 0 Å². The highest BCUT2D eigenvalue weighted by atomic mass is 16.5. The van der Waals surface area contributed by atoms with Crippen LogP contribution in [0.5, 0.6) is 0 Å². The van der Waals surface area contributed by atoms with Gasteiger partial charge in [0.2, 0.25) is 0 Å². The summed E-state index contributed by atoms with van der Waals surface area (Å²) < 4.78 is 5.79. The molecule has 1 aromatic heterocycles. The predicted octanol–water partition coefficient (Wildman–Crippen LogP) is 3.88. The van der Waals surface area contributed by atoms with Gasteiger partial charge in [0.05, 0.1) is 25.2 Å². The van der Waals surface area contributed by atoms with Crippen LogP contribution in [-0.2, 0) is 24.2 Å². The summed E-state index contributed by atoms with van der Waals surface area (Å²) in [5.74, 6) is 0. The molecule has 1 N–H and O–H groups in total. The number of rotatable bonds is 6. The van der Waals surface area contributed by atoms with Gasteiger partial charge in [0.1, 0.15) is 0 Å². The van der Waals surface area contributed by atoms with Crippen molar-refractivity contribution in [1.82, 2.24) is 9.97 Å². The van der Waals surface area contributed by atoms with Gasteiger partial charge >= 0.3 is 0 Å². The Hall–Kier alpha value is -2.13. The number of hydrogen-bond donors (Lipinski definition) is 1. The molecule has 0 unspecified atom stereocenters. The lowest BCUT2D eigenvalue weighted by Crippen LogP contribution is -2.01. The van der Waals surface area contributed by atoms with Crippen LogP contribution in [0.15, 0.2) is 48.8 Å². The van der Waals surface area contributed by atoms with Crippen molar-refractivity contribution in [1.29, 1.82) is 0 Å². The molecule has 0 saturated carbocycles. The third kappa shape index (κ3) is 3.31. The number of nitrogens with zero attached hydrogens (tertiary/aromatic N) is 1. The number of hydrogen-bond acceptors (Lipinski definition) is 2. The minimum atomic E-state index is 0.653. The molecule has 0 radical (unpaired) electrons. The quantitative estimate of drug-likeness (QED) is 0.696. The highest BCUT2D eigenvalue weighted by molar-refractivity contribution is 5.82. The molecule has 0 saturated heterocycles. The second-order valence-corrected chi connectivity index (χ2v) is 5.17. The van der Waals surface area contributed by atoms with E-state index in [1.54, 1.807) is 6.33 Å². The van der Waals surface area contributed by atoms with Crippen molar-refractivity contribution in [2.75, 3.05) is 6.61 Å². The van der Waals surface area contributed by atoms with Gasteiger partial charge in [0.25, 0.3) is 0 Å². The van der Waals surface area contributed by atoms with Crippen molar-refractivity contribution in [2.45, 2.75) is 26.4 Å². The molecule has 108 valence electrons. The Bertz CT molecular complexity index is 718. The molecular weight excluding hydrogens is 260 g/mol. The molecule has 0 fully saturated rings. The van der Waals surface area contributed by atoms with Crippen LogP contribution >= 0.6 is 0 Å². The van der Waals surface area contributed by atoms with Gasteiger partial charge < -0.3 is 9.72 Å². The first-order valence-electron chi connectivity index (χ1n) is 7.43. The van der Waals surface area contributed by atoms with Gasteiger partial charge in [-0.3, -0.25) is 0 Å². The van der Waals surface area contributed by atoms with Gasteiger partial charge in [0, 0.05) is 12.1 Å². The van der Waals surface area contributed by atoms with E-state index in [1.807, 2.05) is 0 Å². The van der Waals surface area contributed by atoms with Crippen molar-refractivity contribution < 1.29 is 4.74 Å². The molecule has 0 aliphatic carbocycles. The Balaban J connectivity index is 1.54. The number of H-pyrrole nitrogens is 1. The highest BCUT2D eigenvalue weighted by Gasteiger charge is 2.03. The van der Waals surface area contributed by atoms with Gasteiger partial charge in [-0.1, -0.05) is 43.3 Å². The molecular formula is C18H20N2O. The fourth-order valence-corrected chi connectivity index (χ4v) is 2.56. The van der Waals surface area contributed by atoms with E-state index in [0.29, 0.717) is 13.2 Å². The number of aromatic amines is 1. The van der Waals surface area contributed by atoms with Gasteiger partial charge in [0.15, 0.2) is 0 Å². The van der Waals surface area contributed by atoms with Crippen LogP contribution < -0.4 is 0 Å². The average Bonchev–Trinajstić information content (AvgIpc) is 2.99. The number of aromatic nitrogens is 2. The summed E-state index contributed by atoms with van der Waals surface area (Å²) in [5.41, 5.74) is 3.55. The zero-order chi connectivity index (χ0) is 14.5. The smallest absolute Gasteiger partial charge is 0.0925 e. The summed E-state index contributed by atoms with van der Waals surface area (Å²) >= 11 is 0. The van der Waals surface area contributed by atoms with E-state index in [1.165, 1.54) is 22.0 Å². The third-order valence-corrected chi connectivity index (χ3v) is 3.72. The monoisotopic (exact) mass is 280 g/mol. The molecule has 3 heteroatoms. The molecule has 0 aliphatic heterocycles. The SMILES string of the molecule is CCc1nc[nH]c1CCOCc1ccc2ccccc2c1. The lowest BCUT2D eigenvalue weighted by Gasteiger charge is -2.06. The van der Waals surface area contributed by atoms with E-state index in [2.05, 4.69) is 59.4 Å². The highest BCUT2D eigenvalue weighted by Crippen LogP contribution is 2.16. The average molecular weight is 280 g/mol. The Morgan fingerprint density at radius 1 is 1.10 bits per heavy atom. The van der Waals surface area contributed by atoms with E-state index in [0.717, 1.165) is 18.5 Å². The van der Waals surface area contributed by atoms with Gasteiger partial charge in [-0.05, 0) is 28.8 Å². The summed E-state index contributed by atoms with van der Waals surface area (Å²) in [6.07, 6.45) is 3.61. The molecule has 0 aliphatic rings. The molecule has 3 aromatic rings. The zero-order valence-electron chi connectivity index (χ0n) is 12.3. The van der Waals surface area contributed by atoms with Gasteiger partial charge in [-0.25, -0.2) is 4.98 Å². The summed E-state index contributed by atoms with van der Waals surface area (Å²) in [5, 5.41) is 2.53. The molecule has 21 heavy (non-hydrogen) atoms. The maximum atomic E-state index is 5.79. The molecule has 0 atom stereocenters. The minimum absolute atomic E-state index is 0.653. The molecule has 3 rings (SSSR count). The van der Waals surface area contributed by atoms with Crippen molar-refractivity contribution in [3.05, 3.63) is 65.7 Å². The maximum absolute atomic E-state index is 5.79. The van der Waals surface area contributed by atoms with Crippen molar-refractivity contribution in [3.8, 4) is 0 Å². The number of aryl methyl sites for hydroxylation is 1. The van der Waals surface area contributed by atoms with Crippen molar-refractivity contribution in [3.63, 3.8) is 0 Å². The van der Waals surface area contributed by atoms with Crippen LogP contribution in [0.25, 0.3) is 10.8 Å². The van der Waals surface area contributed by atoms with E-state index < -0.39 is 0 Å². The van der Waals surface area contributed by atoms with E-state index in [-0.39, 0.29) is 0 Å². The molecule has 3 nitrogen and oxygen atoms in total. The first-order valence-corrected chi connectivity index (χ1v) is 7.43. The Labute approximate surface area is 125 Å². The summed E-state index contributed by atoms with van der Waals surface area (Å²) in [7, 11) is 0. The normalized spacial score (nSPS) is 11.1. The van der Waals surface area contributed by atoms with Crippen LogP contribution in [0.3, 0.4) is 0 Å². The van der Waals surface area contributed by atoms with Gasteiger partial charge in [-0.2, -0.15) is 0 Å². The third-order valence-electron chi connectivity index (χ3n) is 3.72. The maximum Gasteiger partial charge on any atom is 0.0925 e. The lowest BCUT2D eigenvalue weighted by atomic mass is 10.1. The van der Waals surface area contributed by atoms with Crippen molar-refractivity contribution >= 4 is 10.8 Å². The van der Waals surface area contributed by atoms with Crippen LogP contribution in [-0.4, -0.2) is 16.6 Å². The van der Waals surface area contributed by atoms with Crippen molar-refractivity contribution in [2.24, 2.45) is 0 Å². The number of benzene rings is 2. The Morgan fingerprint density at radius 3 is 2.81 bits per heavy atom. The summed E-state index contributed by atoms with van der Waals surface area (Å²) in [6.45, 7) is 3.48. The number of ether oxygens (including phenoxy) is 1. The largest absolute Gasteiger partial charge is 0.376 e. The molecule has 0 amide bonds. The fraction of sp³-hybridized carbons (Fsp3) is 0.278. The van der Waals surface area contributed by atoms with Gasteiger partial charge in [-0.15, -0.1) is 0 Å². The Morgan fingerprint density at radius 2 is 1.95 bits per heavy atom. The summed E-state index contributed by atoms with van der Waals surface area (Å²) in [4.78, 5) is 7.48. The number of fused-ring (bicyclic) bond motifs is 1. The van der Waals surface area contributed by atoms with E-state index >= 15 is 0 Å². The number of nitrogens with one attached hydrogen (secondary N) is 1. The molecule has 2 aromatic carbocycles. The fourth-order valence-electron chi connectivity index (χ4n) is 2.56. The second kappa shape index (κ2) is 6.55. The molecule has 0 spiro atoms. The van der Waals surface area contributed by atoms with E-state index in [4.69, 9.17) is 4.74 Å². The molecule has 1 heterocycles. The summed E-state index contributed by atoms with van der Waals surface area (Å²) in [6, 6.07) is 14.9. The minimum Gasteiger partial charge on any atom is -0.376 e. The first-order chi connectivity index (χ1) is 10.4.